The van der Waals surface area contributed by atoms with Crippen molar-refractivity contribution in [2.75, 3.05) is 24.1 Å². The highest BCUT2D eigenvalue weighted by Crippen LogP contribution is 2.30. The Morgan fingerprint density at radius 1 is 1.00 bits per heavy atom. The summed E-state index contributed by atoms with van der Waals surface area (Å²) in [5.41, 5.74) is 7.64. The summed E-state index contributed by atoms with van der Waals surface area (Å²) < 4.78 is 6.10. The number of piperidine rings is 1. The fraction of sp³-hybridized carbons (Fsp3) is 0.381. The monoisotopic (exact) mass is 351 g/mol. The van der Waals surface area contributed by atoms with Crippen LogP contribution in [-0.2, 0) is 0 Å². The number of nitrogen functional groups attached to an aromatic ring is 1. The average Bonchev–Trinajstić information content (AvgIpc) is 3.50. The number of hydrogen-bond acceptors (Lipinski definition) is 4. The number of nitrogens with zero attached hydrogens (tertiary/aromatic N) is 1. The maximum atomic E-state index is 12.4. The fourth-order valence-electron chi connectivity index (χ4n) is 3.48. The molecule has 4 rings (SSSR count). The Kier molecular flexibility index (Phi) is 4.80. The molecule has 1 saturated heterocycles. The molecule has 26 heavy (non-hydrogen) atoms. The lowest BCUT2D eigenvalue weighted by atomic mass is 10.1. The minimum atomic E-state index is -0.174. The molecule has 1 amide bonds. The van der Waals surface area contributed by atoms with Crippen molar-refractivity contribution in [3.63, 3.8) is 0 Å². The molecule has 3 N–H and O–H groups in total. The number of nitrogens with two attached hydrogens (primary N) is 1. The molecular formula is C21H25N3O2. The number of carbonyl (C=O) groups is 1. The number of ether oxygens (including phenoxy) is 1. The summed E-state index contributed by atoms with van der Waals surface area (Å²) in [5, 5.41) is 2.84. The number of para-hydroxylation sites is 2. The van der Waals surface area contributed by atoms with Crippen LogP contribution in [-0.4, -0.2) is 36.0 Å². The molecule has 1 heterocycles. The molecule has 0 aromatic heterocycles. The first kappa shape index (κ1) is 16.9. The van der Waals surface area contributed by atoms with E-state index in [1.807, 2.05) is 24.3 Å². The third kappa shape index (κ3) is 3.99. The van der Waals surface area contributed by atoms with Crippen LogP contribution in [0.4, 0.5) is 11.4 Å². The number of nitrogens with one attached hydrogen (secondary N) is 1. The topological polar surface area (TPSA) is 67.6 Å². The first-order valence-electron chi connectivity index (χ1n) is 9.35. The van der Waals surface area contributed by atoms with Gasteiger partial charge in [-0.25, -0.2) is 0 Å². The molecule has 1 saturated carbocycles. The van der Waals surface area contributed by atoms with Crippen LogP contribution in [0.2, 0.25) is 0 Å². The van der Waals surface area contributed by atoms with Crippen molar-refractivity contribution >= 4 is 17.3 Å². The number of carbonyl (C=O) groups excluding carboxylic acids is 1. The molecule has 1 aliphatic heterocycles. The van der Waals surface area contributed by atoms with Crippen molar-refractivity contribution < 1.29 is 9.53 Å². The molecule has 2 aliphatic rings. The van der Waals surface area contributed by atoms with Gasteiger partial charge in [0.25, 0.3) is 5.91 Å². The van der Waals surface area contributed by atoms with Crippen molar-refractivity contribution in [1.82, 2.24) is 4.90 Å². The Bertz CT molecular complexity index is 763. The Morgan fingerprint density at radius 3 is 2.35 bits per heavy atom. The van der Waals surface area contributed by atoms with Gasteiger partial charge in [-0.1, -0.05) is 12.1 Å². The summed E-state index contributed by atoms with van der Waals surface area (Å²) in [4.78, 5) is 14.9. The third-order valence-corrected chi connectivity index (χ3v) is 5.17. The van der Waals surface area contributed by atoms with E-state index < -0.39 is 0 Å². The van der Waals surface area contributed by atoms with Gasteiger partial charge in [-0.3, -0.25) is 4.79 Å². The highest BCUT2D eigenvalue weighted by Gasteiger charge is 2.32. The van der Waals surface area contributed by atoms with Crippen molar-refractivity contribution in [2.24, 2.45) is 0 Å². The summed E-state index contributed by atoms with van der Waals surface area (Å²) in [6, 6.07) is 15.4. The van der Waals surface area contributed by atoms with Gasteiger partial charge in [0.1, 0.15) is 11.9 Å². The van der Waals surface area contributed by atoms with Crippen LogP contribution in [0.3, 0.4) is 0 Å². The van der Waals surface area contributed by atoms with Crippen LogP contribution >= 0.6 is 0 Å². The molecule has 2 aromatic carbocycles. The highest BCUT2D eigenvalue weighted by atomic mass is 16.5. The average molecular weight is 351 g/mol. The summed E-state index contributed by atoms with van der Waals surface area (Å²) in [5.74, 6) is 0.651. The second-order valence-corrected chi connectivity index (χ2v) is 7.15. The lowest BCUT2D eigenvalue weighted by molar-refractivity contribution is 0.0965. The molecule has 5 heteroatoms. The van der Waals surface area contributed by atoms with E-state index >= 15 is 0 Å². The number of likely N-dealkylation sites (tertiary alicyclic amines) is 1. The normalized spacial score (nSPS) is 18.5. The zero-order valence-electron chi connectivity index (χ0n) is 14.9. The molecule has 0 radical (unpaired) electrons. The summed E-state index contributed by atoms with van der Waals surface area (Å²) in [6.45, 7) is 2.27. The molecule has 5 nitrogen and oxygen atoms in total. The Balaban J connectivity index is 1.31. The molecular weight excluding hydrogens is 326 g/mol. The largest absolute Gasteiger partial charge is 0.490 e. The number of hydrogen-bond donors (Lipinski definition) is 2. The second-order valence-electron chi connectivity index (χ2n) is 7.15. The van der Waals surface area contributed by atoms with E-state index in [0.29, 0.717) is 16.9 Å². The standard InChI is InChI=1S/C21H25N3O2/c22-19-3-1-2-4-20(19)23-21(25)15-5-9-17(10-6-15)26-18-11-13-24(14-12-18)16-7-8-16/h1-6,9-10,16,18H,7-8,11-14,22H2,(H,23,25). The van der Waals surface area contributed by atoms with E-state index in [4.69, 9.17) is 10.5 Å². The number of rotatable bonds is 5. The smallest absolute Gasteiger partial charge is 0.255 e. The van der Waals surface area contributed by atoms with Gasteiger partial charge in [0, 0.05) is 24.7 Å². The first-order chi connectivity index (χ1) is 12.7. The molecule has 1 aliphatic carbocycles. The first-order valence-corrected chi connectivity index (χ1v) is 9.35. The second kappa shape index (κ2) is 7.38. The van der Waals surface area contributed by atoms with Crippen LogP contribution < -0.4 is 15.8 Å². The molecule has 2 aromatic rings. The van der Waals surface area contributed by atoms with Gasteiger partial charge in [-0.15, -0.1) is 0 Å². The van der Waals surface area contributed by atoms with Gasteiger partial charge in [-0.2, -0.15) is 0 Å². The van der Waals surface area contributed by atoms with Crippen molar-refractivity contribution in [3.05, 3.63) is 54.1 Å². The van der Waals surface area contributed by atoms with E-state index in [9.17, 15) is 4.79 Å². The van der Waals surface area contributed by atoms with Crippen LogP contribution in [0, 0.1) is 0 Å². The van der Waals surface area contributed by atoms with Crippen molar-refractivity contribution in [1.29, 1.82) is 0 Å². The Hall–Kier alpha value is -2.53. The molecule has 0 atom stereocenters. The maximum Gasteiger partial charge on any atom is 0.255 e. The van der Waals surface area contributed by atoms with Crippen LogP contribution in [0.1, 0.15) is 36.0 Å². The van der Waals surface area contributed by atoms with Gasteiger partial charge in [0.05, 0.1) is 11.4 Å². The lowest BCUT2D eigenvalue weighted by Crippen LogP contribution is -2.39. The minimum Gasteiger partial charge on any atom is -0.490 e. The van der Waals surface area contributed by atoms with Crippen LogP contribution in [0.25, 0.3) is 0 Å². The quantitative estimate of drug-likeness (QED) is 0.809. The molecule has 0 unspecified atom stereocenters. The summed E-state index contributed by atoms with van der Waals surface area (Å²) in [7, 11) is 0. The summed E-state index contributed by atoms with van der Waals surface area (Å²) in [6.07, 6.45) is 5.15. The minimum absolute atomic E-state index is 0.174. The third-order valence-electron chi connectivity index (χ3n) is 5.17. The zero-order valence-corrected chi connectivity index (χ0v) is 14.9. The van der Waals surface area contributed by atoms with Crippen LogP contribution in [0.15, 0.2) is 48.5 Å². The van der Waals surface area contributed by atoms with E-state index in [1.54, 1.807) is 24.3 Å². The zero-order chi connectivity index (χ0) is 17.9. The Morgan fingerprint density at radius 2 is 1.69 bits per heavy atom. The SMILES string of the molecule is Nc1ccccc1NC(=O)c1ccc(OC2CCN(C3CC3)CC2)cc1. The fourth-order valence-corrected chi connectivity index (χ4v) is 3.48. The van der Waals surface area contributed by atoms with Gasteiger partial charge >= 0.3 is 0 Å². The van der Waals surface area contributed by atoms with Crippen molar-refractivity contribution in [3.8, 4) is 5.75 Å². The van der Waals surface area contributed by atoms with Gasteiger partial charge in [0.2, 0.25) is 0 Å². The summed E-state index contributed by atoms with van der Waals surface area (Å²) >= 11 is 0. The molecule has 136 valence electrons. The van der Waals surface area contributed by atoms with Gasteiger partial charge in [-0.05, 0) is 62.1 Å². The van der Waals surface area contributed by atoms with Gasteiger partial charge in [0.15, 0.2) is 0 Å². The highest BCUT2D eigenvalue weighted by molar-refractivity contribution is 6.05. The Labute approximate surface area is 154 Å². The predicted molar refractivity (Wildman–Crippen MR) is 103 cm³/mol. The number of benzene rings is 2. The maximum absolute atomic E-state index is 12.4. The molecule has 0 bridgehead atoms. The molecule has 2 fully saturated rings. The van der Waals surface area contributed by atoms with Crippen LogP contribution in [0.5, 0.6) is 5.75 Å². The van der Waals surface area contributed by atoms with E-state index in [0.717, 1.165) is 37.7 Å². The lowest BCUT2D eigenvalue weighted by Gasteiger charge is -2.32. The van der Waals surface area contributed by atoms with Crippen molar-refractivity contribution in [2.45, 2.75) is 37.8 Å². The number of amides is 1. The predicted octanol–water partition coefficient (Wildman–Crippen LogP) is 3.53. The van der Waals surface area contributed by atoms with E-state index in [1.165, 1.54) is 12.8 Å². The van der Waals surface area contributed by atoms with Gasteiger partial charge < -0.3 is 20.7 Å². The van der Waals surface area contributed by atoms with E-state index in [2.05, 4.69) is 10.2 Å². The number of anilines is 2. The van der Waals surface area contributed by atoms with E-state index in [-0.39, 0.29) is 12.0 Å². The molecule has 0 spiro atoms.